The Morgan fingerprint density at radius 1 is 1.22 bits per heavy atom. The largest absolute Gasteiger partial charge is 0.494 e. The molecule has 0 bridgehead atoms. The van der Waals surface area contributed by atoms with Crippen LogP contribution in [0.2, 0.25) is 0 Å². The molecule has 0 atom stereocenters. The summed E-state index contributed by atoms with van der Waals surface area (Å²) in [4.78, 5) is 17.2. The van der Waals surface area contributed by atoms with Gasteiger partial charge in [-0.1, -0.05) is 24.3 Å². The molecule has 23 heavy (non-hydrogen) atoms. The summed E-state index contributed by atoms with van der Waals surface area (Å²) in [6.45, 7) is 1.97. The van der Waals surface area contributed by atoms with Crippen molar-refractivity contribution in [2.24, 2.45) is 0 Å². The second-order valence-electron chi connectivity index (χ2n) is 5.39. The lowest BCUT2D eigenvalue weighted by Gasteiger charge is -2.07. The number of methoxy groups -OCH3 is 1. The Morgan fingerprint density at radius 3 is 2.96 bits per heavy atom. The number of nitrogens with zero attached hydrogens (tertiary/aromatic N) is 2. The predicted octanol–water partition coefficient (Wildman–Crippen LogP) is 3.18. The molecule has 0 aliphatic heterocycles. The normalized spacial score (nSPS) is 13.7. The first-order valence-electron chi connectivity index (χ1n) is 8.62. The first kappa shape index (κ1) is 10.6. The number of hydrogen-bond acceptors (Lipinski definition) is 3. The fraction of sp³-hybridized carbons (Fsp3) is 0.111. The fourth-order valence-corrected chi connectivity index (χ4v) is 2.77. The minimum Gasteiger partial charge on any atom is -0.494 e. The van der Waals surface area contributed by atoms with Crippen LogP contribution in [-0.4, -0.2) is 21.8 Å². The summed E-state index contributed by atoms with van der Waals surface area (Å²) in [5.41, 5.74) is 2.49. The Balaban J connectivity index is 1.98. The number of para-hydroxylation sites is 2. The molecule has 0 amide bonds. The summed E-state index contributed by atoms with van der Waals surface area (Å²) in [6, 6.07) is 12.3. The van der Waals surface area contributed by atoms with Gasteiger partial charge in [-0.15, -0.1) is 0 Å². The minimum atomic E-state index is -2.61. The highest BCUT2D eigenvalue weighted by atomic mass is 16.5. The van der Waals surface area contributed by atoms with Gasteiger partial charge in [0.15, 0.2) is 0 Å². The van der Waals surface area contributed by atoms with E-state index >= 15 is 0 Å². The van der Waals surface area contributed by atoms with E-state index in [0.717, 1.165) is 16.5 Å². The first-order valence-corrected chi connectivity index (χ1v) is 7.12. The van der Waals surface area contributed by atoms with E-state index in [-0.39, 0.29) is 11.3 Å². The molecule has 4 rings (SSSR count). The molecule has 114 valence electrons. The van der Waals surface area contributed by atoms with Crippen molar-refractivity contribution < 1.29 is 8.85 Å². The van der Waals surface area contributed by atoms with E-state index < -0.39 is 7.04 Å². The summed E-state index contributed by atoms with van der Waals surface area (Å²) >= 11 is 0. The Hall–Kier alpha value is -3.08. The number of fused-ring (bicyclic) bond motifs is 3. The van der Waals surface area contributed by atoms with Crippen molar-refractivity contribution in [3.05, 3.63) is 64.6 Å². The molecule has 0 unspecified atom stereocenters. The molecule has 4 aromatic rings. The van der Waals surface area contributed by atoms with Gasteiger partial charge >= 0.3 is 0 Å². The van der Waals surface area contributed by atoms with Crippen LogP contribution in [0.4, 0.5) is 0 Å². The third kappa shape index (κ3) is 2.01. The summed E-state index contributed by atoms with van der Waals surface area (Å²) < 4.78 is 28.3. The maximum Gasteiger partial charge on any atom is 0.280 e. The van der Waals surface area contributed by atoms with Crippen LogP contribution in [0.15, 0.2) is 53.5 Å². The van der Waals surface area contributed by atoms with E-state index in [2.05, 4.69) is 10.1 Å². The highest BCUT2D eigenvalue weighted by Crippen LogP contribution is 2.24. The molecule has 0 aliphatic carbocycles. The quantitative estimate of drug-likeness (QED) is 0.618. The molecule has 5 heteroatoms. The average molecular weight is 308 g/mol. The van der Waals surface area contributed by atoms with Crippen LogP contribution < -0.4 is 10.3 Å². The van der Waals surface area contributed by atoms with Crippen LogP contribution in [0.1, 0.15) is 9.68 Å². The monoisotopic (exact) mass is 308 g/mol. The van der Waals surface area contributed by atoms with Crippen molar-refractivity contribution in [1.29, 1.82) is 0 Å². The van der Waals surface area contributed by atoms with E-state index in [1.807, 2.05) is 25.1 Å². The molecule has 0 spiro atoms. The second-order valence-corrected chi connectivity index (χ2v) is 5.39. The predicted molar refractivity (Wildman–Crippen MR) is 90.5 cm³/mol. The Bertz CT molecular complexity index is 1190. The molecule has 2 heterocycles. The third-order valence-corrected chi connectivity index (χ3v) is 3.90. The summed E-state index contributed by atoms with van der Waals surface area (Å²) in [7, 11) is -2.61. The molecule has 2 aromatic carbocycles. The second kappa shape index (κ2) is 4.98. The molecular formula is C18H15N3O2. The number of rotatable bonds is 2. The van der Waals surface area contributed by atoms with Gasteiger partial charge in [-0.25, -0.2) is 4.68 Å². The van der Waals surface area contributed by atoms with Crippen LogP contribution in [0.25, 0.3) is 27.5 Å². The van der Waals surface area contributed by atoms with Gasteiger partial charge in [-0.3, -0.25) is 14.9 Å². The van der Waals surface area contributed by atoms with Gasteiger partial charge in [0.2, 0.25) is 0 Å². The number of aryl methyl sites for hydroxylation is 1. The average Bonchev–Trinajstić information content (AvgIpc) is 2.91. The van der Waals surface area contributed by atoms with Crippen LogP contribution in [0, 0.1) is 6.92 Å². The fourth-order valence-electron chi connectivity index (χ4n) is 2.77. The number of nitrogens with one attached hydrogen (secondary N) is 1. The van der Waals surface area contributed by atoms with Gasteiger partial charge in [0.05, 0.1) is 27.6 Å². The van der Waals surface area contributed by atoms with E-state index in [9.17, 15) is 4.79 Å². The summed E-state index contributed by atoms with van der Waals surface area (Å²) in [6.07, 6.45) is 1.53. The van der Waals surface area contributed by atoms with Crippen molar-refractivity contribution in [2.75, 3.05) is 7.04 Å². The van der Waals surface area contributed by atoms with Crippen molar-refractivity contribution in [1.82, 2.24) is 14.8 Å². The van der Waals surface area contributed by atoms with Crippen LogP contribution in [-0.2, 0) is 0 Å². The molecule has 0 aliphatic rings. The van der Waals surface area contributed by atoms with Crippen LogP contribution in [0.3, 0.4) is 0 Å². The summed E-state index contributed by atoms with van der Waals surface area (Å²) in [5, 5.41) is 4.31. The molecule has 2 aromatic heterocycles. The lowest BCUT2D eigenvalue weighted by atomic mass is 10.1. The topological polar surface area (TPSA) is 59.9 Å². The Labute approximate surface area is 136 Å². The van der Waals surface area contributed by atoms with E-state index in [0.29, 0.717) is 16.6 Å². The molecule has 5 nitrogen and oxygen atoms in total. The number of aromatic nitrogens is 3. The van der Waals surface area contributed by atoms with Crippen molar-refractivity contribution in [3.63, 3.8) is 0 Å². The first-order chi connectivity index (χ1) is 12.3. The van der Waals surface area contributed by atoms with Gasteiger partial charge in [0.1, 0.15) is 11.4 Å². The molecule has 0 radical (unpaired) electrons. The van der Waals surface area contributed by atoms with Crippen LogP contribution in [0.5, 0.6) is 5.75 Å². The van der Waals surface area contributed by atoms with E-state index in [1.54, 1.807) is 18.2 Å². The SMILES string of the molecule is [2H]C([2H])([2H])Oc1ccccc1-n1[nH]c2c(cnc3cc(C)ccc32)c1=O. The van der Waals surface area contributed by atoms with Crippen molar-refractivity contribution in [2.45, 2.75) is 6.92 Å². The Kier molecular flexibility index (Phi) is 2.30. The molecule has 0 saturated heterocycles. The van der Waals surface area contributed by atoms with Gasteiger partial charge in [0, 0.05) is 11.6 Å². The van der Waals surface area contributed by atoms with Crippen LogP contribution >= 0.6 is 0 Å². The van der Waals surface area contributed by atoms with Gasteiger partial charge < -0.3 is 4.74 Å². The Morgan fingerprint density at radius 2 is 2.09 bits per heavy atom. The lowest BCUT2D eigenvalue weighted by molar-refractivity contribution is 0.411. The highest BCUT2D eigenvalue weighted by molar-refractivity contribution is 6.02. The highest BCUT2D eigenvalue weighted by Gasteiger charge is 2.14. The number of hydrogen-bond donors (Lipinski definition) is 1. The number of H-pyrrole nitrogens is 1. The number of aromatic amines is 1. The number of ether oxygens (including phenoxy) is 1. The molecular weight excluding hydrogens is 290 g/mol. The molecule has 0 saturated carbocycles. The van der Waals surface area contributed by atoms with Gasteiger partial charge in [-0.2, -0.15) is 0 Å². The third-order valence-electron chi connectivity index (χ3n) is 3.90. The standard InChI is InChI=1S/C18H15N3O2/c1-11-7-8-12-14(9-11)19-10-13-17(12)20-21(18(13)22)15-5-3-4-6-16(15)23-2/h3-10,20H,1-2H3/i2D3. The lowest BCUT2D eigenvalue weighted by Crippen LogP contribution is -2.15. The number of pyridine rings is 1. The maximum atomic E-state index is 12.9. The van der Waals surface area contributed by atoms with Crippen molar-refractivity contribution in [3.8, 4) is 11.4 Å². The molecule has 1 N–H and O–H groups in total. The van der Waals surface area contributed by atoms with E-state index in [4.69, 9.17) is 8.85 Å². The van der Waals surface area contributed by atoms with Gasteiger partial charge in [0.25, 0.3) is 5.56 Å². The zero-order valence-electron chi connectivity index (χ0n) is 15.3. The van der Waals surface area contributed by atoms with Crippen molar-refractivity contribution >= 4 is 21.8 Å². The smallest absolute Gasteiger partial charge is 0.280 e. The summed E-state index contributed by atoms with van der Waals surface area (Å²) in [5.74, 6) is 0.0919. The number of benzene rings is 2. The zero-order valence-corrected chi connectivity index (χ0v) is 12.3. The van der Waals surface area contributed by atoms with Gasteiger partial charge in [-0.05, 0) is 30.7 Å². The maximum absolute atomic E-state index is 12.9. The minimum absolute atomic E-state index is 0.0919. The zero-order chi connectivity index (χ0) is 18.5. The molecule has 0 fully saturated rings. The van der Waals surface area contributed by atoms with E-state index in [1.165, 1.54) is 16.9 Å².